The van der Waals surface area contributed by atoms with Gasteiger partial charge in [-0.2, -0.15) is 0 Å². The Morgan fingerprint density at radius 2 is 2.00 bits per heavy atom. The molecule has 0 saturated heterocycles. The van der Waals surface area contributed by atoms with Crippen molar-refractivity contribution < 1.29 is 14.4 Å². The molecule has 1 amide bonds. The Morgan fingerprint density at radius 3 is 2.76 bits per heavy atom. The second-order valence-corrected chi connectivity index (χ2v) is 7.27. The molecule has 5 heteroatoms. The maximum absolute atomic E-state index is 12.6. The maximum Gasteiger partial charge on any atom is 0.227 e. The summed E-state index contributed by atoms with van der Waals surface area (Å²) in [5.41, 5.74) is 3.42. The van der Waals surface area contributed by atoms with Gasteiger partial charge in [-0.3, -0.25) is 4.79 Å². The van der Waals surface area contributed by atoms with Crippen molar-refractivity contribution in [2.45, 2.75) is 19.5 Å². The van der Waals surface area contributed by atoms with Crippen molar-refractivity contribution in [1.29, 1.82) is 0 Å². The molecule has 2 N–H and O–H groups in total. The van der Waals surface area contributed by atoms with Gasteiger partial charge in [-0.05, 0) is 35.7 Å². The van der Waals surface area contributed by atoms with Gasteiger partial charge < -0.3 is 15.0 Å². The zero-order valence-corrected chi connectivity index (χ0v) is 15.4. The van der Waals surface area contributed by atoms with Crippen molar-refractivity contribution in [2.75, 3.05) is 20.7 Å². The first-order chi connectivity index (χ1) is 12.0. The lowest BCUT2D eigenvalue weighted by Crippen LogP contribution is -3.04. The number of rotatable bonds is 5. The predicted octanol–water partition coefficient (Wildman–Crippen LogP) is 1.85. The van der Waals surface area contributed by atoms with Gasteiger partial charge in [0.2, 0.25) is 5.91 Å². The first kappa shape index (κ1) is 17.8. The van der Waals surface area contributed by atoms with E-state index in [1.54, 1.807) is 0 Å². The molecule has 4 nitrogen and oxygen atoms in total. The Hall–Kier alpha value is -2.04. The number of carbonyl (C=O) groups excluding carboxylic acids is 1. The predicted molar refractivity (Wildman–Crippen MR) is 98.9 cm³/mol. The van der Waals surface area contributed by atoms with Crippen LogP contribution in [0.4, 0.5) is 0 Å². The van der Waals surface area contributed by atoms with Crippen LogP contribution in [0.15, 0.2) is 42.5 Å². The minimum atomic E-state index is -0.183. The average Bonchev–Trinajstić information content (AvgIpc) is 2.59. The molecule has 1 atom stereocenters. The number of hydrogen-bond donors (Lipinski definition) is 2. The third-order valence-corrected chi connectivity index (χ3v) is 4.65. The maximum atomic E-state index is 12.6. The second kappa shape index (κ2) is 7.89. The number of halogens is 1. The van der Waals surface area contributed by atoms with E-state index in [-0.39, 0.29) is 11.8 Å². The average molecular weight is 360 g/mol. The molecular formula is C20H24ClN2O2+. The van der Waals surface area contributed by atoms with Gasteiger partial charge in [0, 0.05) is 17.1 Å². The fourth-order valence-electron chi connectivity index (χ4n) is 3.14. The molecule has 1 aliphatic heterocycles. The number of hydrogen-bond acceptors (Lipinski definition) is 2. The summed E-state index contributed by atoms with van der Waals surface area (Å²) in [5, 5.41) is 3.74. The lowest BCUT2D eigenvalue weighted by Gasteiger charge is -2.25. The van der Waals surface area contributed by atoms with Gasteiger partial charge in [0.25, 0.3) is 0 Å². The molecular weight excluding hydrogens is 336 g/mol. The monoisotopic (exact) mass is 359 g/mol. The van der Waals surface area contributed by atoms with Crippen LogP contribution >= 0.6 is 11.6 Å². The highest BCUT2D eigenvalue weighted by Gasteiger charge is 2.26. The van der Waals surface area contributed by atoms with Crippen molar-refractivity contribution in [3.05, 3.63) is 64.2 Å². The smallest absolute Gasteiger partial charge is 0.227 e. The van der Waals surface area contributed by atoms with E-state index in [2.05, 4.69) is 31.5 Å². The highest BCUT2D eigenvalue weighted by Crippen LogP contribution is 2.29. The Balaban J connectivity index is 1.62. The summed E-state index contributed by atoms with van der Waals surface area (Å²) < 4.78 is 5.72. The molecule has 2 aromatic rings. The Bertz CT molecular complexity index is 761. The van der Waals surface area contributed by atoms with Crippen molar-refractivity contribution >= 4 is 17.5 Å². The highest BCUT2D eigenvalue weighted by molar-refractivity contribution is 6.30. The van der Waals surface area contributed by atoms with Crippen LogP contribution < -0.4 is 15.0 Å². The molecule has 0 unspecified atom stereocenters. The number of ether oxygens (including phenoxy) is 1. The molecule has 0 saturated carbocycles. The van der Waals surface area contributed by atoms with E-state index in [0.29, 0.717) is 24.6 Å². The molecule has 1 heterocycles. The molecule has 0 radical (unpaired) electrons. The topological polar surface area (TPSA) is 42.8 Å². The molecule has 132 valence electrons. The van der Waals surface area contributed by atoms with Crippen LogP contribution in [-0.4, -0.2) is 26.6 Å². The lowest BCUT2D eigenvalue weighted by molar-refractivity contribution is -0.872. The molecule has 0 spiro atoms. The molecule has 0 fully saturated rings. The van der Waals surface area contributed by atoms with Crippen LogP contribution in [0.2, 0.25) is 5.02 Å². The minimum Gasteiger partial charge on any atom is -0.492 e. The van der Waals surface area contributed by atoms with E-state index < -0.39 is 0 Å². The highest BCUT2D eigenvalue weighted by atomic mass is 35.5. The van der Waals surface area contributed by atoms with Crippen molar-refractivity contribution in [2.24, 2.45) is 5.92 Å². The van der Waals surface area contributed by atoms with E-state index in [4.69, 9.17) is 16.3 Å². The summed E-state index contributed by atoms with van der Waals surface area (Å²) >= 11 is 6.05. The van der Waals surface area contributed by atoms with Crippen LogP contribution in [0.5, 0.6) is 5.75 Å². The summed E-state index contributed by atoms with van der Waals surface area (Å²) in [7, 11) is 4.24. The molecule has 3 rings (SSSR count). The normalized spacial score (nSPS) is 16.2. The van der Waals surface area contributed by atoms with E-state index >= 15 is 0 Å². The van der Waals surface area contributed by atoms with Crippen LogP contribution in [0.3, 0.4) is 0 Å². The van der Waals surface area contributed by atoms with E-state index in [1.807, 2.05) is 30.3 Å². The fraction of sp³-hybridized carbons (Fsp3) is 0.350. The SMILES string of the molecule is C[NH+](C)Cc1ccccc1CNC(=O)[C@H]1COc2ccc(Cl)cc2C1. The summed E-state index contributed by atoms with van der Waals surface area (Å²) in [6.45, 7) is 1.88. The summed E-state index contributed by atoms with van der Waals surface area (Å²) in [6, 6.07) is 13.8. The molecule has 0 aliphatic carbocycles. The third kappa shape index (κ3) is 4.53. The van der Waals surface area contributed by atoms with Gasteiger partial charge in [-0.1, -0.05) is 35.9 Å². The zero-order valence-electron chi connectivity index (χ0n) is 14.6. The summed E-state index contributed by atoms with van der Waals surface area (Å²) in [5.74, 6) is 0.669. The van der Waals surface area contributed by atoms with Crippen LogP contribution in [0.1, 0.15) is 16.7 Å². The molecule has 1 aliphatic rings. The minimum absolute atomic E-state index is 0.0256. The largest absolute Gasteiger partial charge is 0.492 e. The van der Waals surface area contributed by atoms with Crippen molar-refractivity contribution in [3.63, 3.8) is 0 Å². The number of quaternary nitrogens is 1. The molecule has 0 bridgehead atoms. The zero-order chi connectivity index (χ0) is 17.8. The van der Waals surface area contributed by atoms with Crippen LogP contribution in [0.25, 0.3) is 0 Å². The molecule has 2 aromatic carbocycles. The number of benzene rings is 2. The lowest BCUT2D eigenvalue weighted by atomic mass is 9.96. The summed E-state index contributed by atoms with van der Waals surface area (Å²) in [4.78, 5) is 13.9. The van der Waals surface area contributed by atoms with E-state index in [1.165, 1.54) is 10.5 Å². The van der Waals surface area contributed by atoms with Crippen molar-refractivity contribution in [1.82, 2.24) is 5.32 Å². The summed E-state index contributed by atoms with van der Waals surface area (Å²) in [6.07, 6.45) is 0.658. The standard InChI is InChI=1S/C20H23ClN2O2/c1-23(2)12-15-6-4-3-5-14(15)11-22-20(24)17-9-16-10-18(21)7-8-19(16)25-13-17/h3-8,10,17H,9,11-13H2,1-2H3,(H,22,24)/p+1/t17-/m1/s1. The Morgan fingerprint density at radius 1 is 1.24 bits per heavy atom. The first-order valence-electron chi connectivity index (χ1n) is 8.57. The van der Waals surface area contributed by atoms with Gasteiger partial charge in [0.05, 0.1) is 20.0 Å². The molecule has 25 heavy (non-hydrogen) atoms. The molecule has 0 aromatic heterocycles. The van der Waals surface area contributed by atoms with Crippen LogP contribution in [-0.2, 0) is 24.3 Å². The number of carbonyl (C=O) groups is 1. The number of amides is 1. The van der Waals surface area contributed by atoms with Gasteiger partial charge in [-0.15, -0.1) is 0 Å². The fourth-order valence-corrected chi connectivity index (χ4v) is 3.34. The van der Waals surface area contributed by atoms with Gasteiger partial charge in [-0.25, -0.2) is 0 Å². The first-order valence-corrected chi connectivity index (χ1v) is 8.95. The second-order valence-electron chi connectivity index (χ2n) is 6.83. The van der Waals surface area contributed by atoms with Gasteiger partial charge >= 0.3 is 0 Å². The number of fused-ring (bicyclic) bond motifs is 1. The Kier molecular flexibility index (Phi) is 5.61. The Labute approximate surface area is 153 Å². The van der Waals surface area contributed by atoms with Crippen molar-refractivity contribution in [3.8, 4) is 5.75 Å². The van der Waals surface area contributed by atoms with Gasteiger partial charge in [0.15, 0.2) is 0 Å². The third-order valence-electron chi connectivity index (χ3n) is 4.42. The van der Waals surface area contributed by atoms with E-state index in [0.717, 1.165) is 23.4 Å². The number of nitrogens with one attached hydrogen (secondary N) is 2. The quantitative estimate of drug-likeness (QED) is 0.855. The van der Waals surface area contributed by atoms with Crippen LogP contribution in [0, 0.1) is 5.92 Å². The van der Waals surface area contributed by atoms with Gasteiger partial charge in [0.1, 0.15) is 18.9 Å². The van der Waals surface area contributed by atoms with E-state index in [9.17, 15) is 4.79 Å².